The van der Waals surface area contributed by atoms with Gasteiger partial charge in [0.15, 0.2) is 5.75 Å². The second-order valence-corrected chi connectivity index (χ2v) is 7.19. The topological polar surface area (TPSA) is 118 Å². The van der Waals surface area contributed by atoms with Crippen LogP contribution in [0.5, 0.6) is 5.75 Å². The molecule has 0 saturated carbocycles. The summed E-state index contributed by atoms with van der Waals surface area (Å²) in [6.45, 7) is 1.97. The van der Waals surface area contributed by atoms with E-state index in [1.807, 2.05) is 30.3 Å². The number of benzene rings is 1. The van der Waals surface area contributed by atoms with Gasteiger partial charge in [-0.05, 0) is 43.5 Å². The molecule has 0 spiro atoms. The van der Waals surface area contributed by atoms with Crippen LogP contribution in [-0.2, 0) is 0 Å². The van der Waals surface area contributed by atoms with Gasteiger partial charge in [0.1, 0.15) is 17.2 Å². The van der Waals surface area contributed by atoms with Crippen molar-refractivity contribution in [3.8, 4) is 5.75 Å². The Balaban J connectivity index is 1.67. The first-order valence-electron chi connectivity index (χ1n) is 10.2. The van der Waals surface area contributed by atoms with Crippen molar-refractivity contribution in [1.29, 1.82) is 0 Å². The fourth-order valence-electron chi connectivity index (χ4n) is 3.62. The molecule has 3 heterocycles. The number of methoxy groups -OCH3 is 1. The van der Waals surface area contributed by atoms with Gasteiger partial charge in [-0.2, -0.15) is 4.98 Å². The molecule has 0 unspecified atom stereocenters. The first kappa shape index (κ1) is 20.4. The molecule has 0 bridgehead atoms. The highest BCUT2D eigenvalue weighted by molar-refractivity contribution is 5.98. The van der Waals surface area contributed by atoms with E-state index in [9.17, 15) is 4.79 Å². The van der Waals surface area contributed by atoms with Crippen molar-refractivity contribution < 1.29 is 9.53 Å². The molecule has 31 heavy (non-hydrogen) atoms. The minimum absolute atomic E-state index is 0.178. The standard InChI is InChI=1S/C22H25N7O2/c1-31-19-16(8-7-9-17(19)29-12-5-2-6-13-29)26-21-15(20(23)30)14-25-22(28-21)27-18-10-3-4-11-24-18/h3-4,7-11,14H,2,5-6,12-13H2,1H3,(H2,23,30)(H2,24,25,26,27,28). The monoisotopic (exact) mass is 419 g/mol. The summed E-state index contributed by atoms with van der Waals surface area (Å²) in [7, 11) is 1.64. The Labute approximate surface area is 180 Å². The number of piperidine rings is 1. The molecule has 1 aliphatic rings. The summed E-state index contributed by atoms with van der Waals surface area (Å²) in [5.74, 6) is 1.23. The summed E-state index contributed by atoms with van der Waals surface area (Å²) in [5.41, 5.74) is 7.43. The molecule has 1 amide bonds. The number of hydrogen-bond acceptors (Lipinski definition) is 8. The number of para-hydroxylation sites is 1. The first-order valence-corrected chi connectivity index (χ1v) is 10.2. The summed E-state index contributed by atoms with van der Waals surface area (Å²) >= 11 is 0. The molecule has 4 N–H and O–H groups in total. The van der Waals surface area contributed by atoms with Crippen molar-refractivity contribution in [1.82, 2.24) is 15.0 Å². The molecular weight excluding hydrogens is 394 g/mol. The summed E-state index contributed by atoms with van der Waals surface area (Å²) in [6, 6.07) is 11.3. The Morgan fingerprint density at radius 3 is 2.61 bits per heavy atom. The Bertz CT molecular complexity index is 1050. The van der Waals surface area contributed by atoms with E-state index in [4.69, 9.17) is 10.5 Å². The average Bonchev–Trinajstić information content (AvgIpc) is 2.80. The number of nitrogens with one attached hydrogen (secondary N) is 2. The minimum atomic E-state index is -0.627. The average molecular weight is 419 g/mol. The SMILES string of the molecule is COc1c(Nc2nc(Nc3ccccn3)ncc2C(N)=O)cccc1N1CCCCC1. The molecule has 160 valence electrons. The van der Waals surface area contributed by atoms with Gasteiger partial charge in [-0.15, -0.1) is 0 Å². The number of hydrogen-bond donors (Lipinski definition) is 3. The number of pyridine rings is 1. The van der Waals surface area contributed by atoms with Crippen molar-refractivity contribution in [3.63, 3.8) is 0 Å². The number of carbonyl (C=O) groups is 1. The Hall–Kier alpha value is -3.88. The van der Waals surface area contributed by atoms with Crippen molar-refractivity contribution in [2.24, 2.45) is 5.73 Å². The van der Waals surface area contributed by atoms with Crippen LogP contribution in [0.1, 0.15) is 29.6 Å². The largest absolute Gasteiger partial charge is 0.492 e. The van der Waals surface area contributed by atoms with Crippen LogP contribution in [0.3, 0.4) is 0 Å². The van der Waals surface area contributed by atoms with Gasteiger partial charge < -0.3 is 26.0 Å². The number of carbonyl (C=O) groups excluding carboxylic acids is 1. The maximum atomic E-state index is 12.0. The number of ether oxygens (including phenoxy) is 1. The molecule has 2 aromatic heterocycles. The van der Waals surface area contributed by atoms with E-state index in [-0.39, 0.29) is 17.3 Å². The van der Waals surface area contributed by atoms with E-state index in [0.717, 1.165) is 31.6 Å². The third-order valence-corrected chi connectivity index (χ3v) is 5.11. The zero-order chi connectivity index (χ0) is 21.6. The van der Waals surface area contributed by atoms with E-state index in [1.165, 1.54) is 12.6 Å². The third kappa shape index (κ3) is 4.66. The Morgan fingerprint density at radius 2 is 1.90 bits per heavy atom. The fourth-order valence-corrected chi connectivity index (χ4v) is 3.62. The van der Waals surface area contributed by atoms with Crippen LogP contribution in [0.15, 0.2) is 48.8 Å². The maximum Gasteiger partial charge on any atom is 0.254 e. The summed E-state index contributed by atoms with van der Waals surface area (Å²) in [5, 5.41) is 6.24. The van der Waals surface area contributed by atoms with Crippen LogP contribution in [0, 0.1) is 0 Å². The molecule has 9 nitrogen and oxygen atoms in total. The molecule has 1 fully saturated rings. The van der Waals surface area contributed by atoms with Crippen LogP contribution >= 0.6 is 0 Å². The predicted octanol–water partition coefficient (Wildman–Crippen LogP) is 3.46. The smallest absolute Gasteiger partial charge is 0.254 e. The lowest BCUT2D eigenvalue weighted by molar-refractivity contribution is 0.100. The highest BCUT2D eigenvalue weighted by Gasteiger charge is 2.20. The molecule has 4 rings (SSSR count). The van der Waals surface area contributed by atoms with Crippen LogP contribution in [0.25, 0.3) is 0 Å². The lowest BCUT2D eigenvalue weighted by Gasteiger charge is -2.30. The number of rotatable bonds is 7. The lowest BCUT2D eigenvalue weighted by atomic mass is 10.1. The van der Waals surface area contributed by atoms with Crippen LogP contribution in [0.4, 0.5) is 29.0 Å². The number of anilines is 5. The van der Waals surface area contributed by atoms with Crippen LogP contribution in [-0.4, -0.2) is 41.1 Å². The molecule has 3 aromatic rings. The zero-order valence-corrected chi connectivity index (χ0v) is 17.3. The molecule has 9 heteroatoms. The summed E-state index contributed by atoms with van der Waals surface area (Å²) < 4.78 is 5.74. The van der Waals surface area contributed by atoms with E-state index < -0.39 is 5.91 Å². The summed E-state index contributed by atoms with van der Waals surface area (Å²) in [4.78, 5) is 27.2. The second kappa shape index (κ2) is 9.29. The van der Waals surface area contributed by atoms with Crippen molar-refractivity contribution >= 4 is 34.9 Å². The lowest BCUT2D eigenvalue weighted by Crippen LogP contribution is -2.29. The number of primary amides is 1. The second-order valence-electron chi connectivity index (χ2n) is 7.19. The third-order valence-electron chi connectivity index (χ3n) is 5.11. The normalized spacial score (nSPS) is 13.5. The first-order chi connectivity index (χ1) is 15.2. The van der Waals surface area contributed by atoms with Gasteiger partial charge >= 0.3 is 0 Å². The molecule has 0 aliphatic carbocycles. The molecule has 0 atom stereocenters. The predicted molar refractivity (Wildman–Crippen MR) is 120 cm³/mol. The van der Waals surface area contributed by atoms with Gasteiger partial charge in [0.05, 0.1) is 18.5 Å². The van der Waals surface area contributed by atoms with Crippen LogP contribution < -0.4 is 26.0 Å². The zero-order valence-electron chi connectivity index (χ0n) is 17.3. The number of amides is 1. The highest BCUT2D eigenvalue weighted by atomic mass is 16.5. The molecule has 1 aliphatic heterocycles. The maximum absolute atomic E-state index is 12.0. The van der Waals surface area contributed by atoms with Gasteiger partial charge in [0, 0.05) is 25.5 Å². The quantitative estimate of drug-likeness (QED) is 0.533. The van der Waals surface area contributed by atoms with E-state index in [0.29, 0.717) is 17.3 Å². The van der Waals surface area contributed by atoms with Gasteiger partial charge in [-0.25, -0.2) is 9.97 Å². The van der Waals surface area contributed by atoms with E-state index >= 15 is 0 Å². The number of nitrogens with zero attached hydrogens (tertiary/aromatic N) is 4. The number of aromatic nitrogens is 3. The van der Waals surface area contributed by atoms with Gasteiger partial charge in [0.25, 0.3) is 5.91 Å². The summed E-state index contributed by atoms with van der Waals surface area (Å²) in [6.07, 6.45) is 6.61. The Morgan fingerprint density at radius 1 is 1.06 bits per heavy atom. The van der Waals surface area contributed by atoms with Crippen molar-refractivity contribution in [2.75, 3.05) is 35.7 Å². The molecule has 0 radical (unpaired) electrons. The highest BCUT2D eigenvalue weighted by Crippen LogP contribution is 2.38. The molecule has 1 aromatic carbocycles. The van der Waals surface area contributed by atoms with E-state index in [1.54, 1.807) is 19.4 Å². The van der Waals surface area contributed by atoms with E-state index in [2.05, 4.69) is 30.5 Å². The molecule has 1 saturated heterocycles. The van der Waals surface area contributed by atoms with Crippen LogP contribution in [0.2, 0.25) is 0 Å². The molecular formula is C22H25N7O2. The van der Waals surface area contributed by atoms with Gasteiger partial charge in [-0.1, -0.05) is 12.1 Å². The van der Waals surface area contributed by atoms with Gasteiger partial charge in [-0.3, -0.25) is 4.79 Å². The Kier molecular flexibility index (Phi) is 6.11. The van der Waals surface area contributed by atoms with Crippen molar-refractivity contribution in [2.45, 2.75) is 19.3 Å². The van der Waals surface area contributed by atoms with Crippen molar-refractivity contribution in [3.05, 3.63) is 54.4 Å². The fraction of sp³-hybridized carbons (Fsp3) is 0.273. The van der Waals surface area contributed by atoms with Gasteiger partial charge in [0.2, 0.25) is 5.95 Å². The minimum Gasteiger partial charge on any atom is -0.492 e. The number of nitrogens with two attached hydrogens (primary N) is 1.